The zero-order valence-electron chi connectivity index (χ0n) is 17.5. The second-order valence-corrected chi connectivity index (χ2v) is 7.72. The number of hydrogen-bond acceptors (Lipinski definition) is 5. The highest BCUT2D eigenvalue weighted by Crippen LogP contribution is 2.18. The zero-order valence-corrected chi connectivity index (χ0v) is 17.5. The van der Waals surface area contributed by atoms with Gasteiger partial charge < -0.3 is 4.98 Å². The number of fused-ring (bicyclic) bond motifs is 1. The molecule has 0 atom stereocenters. The van der Waals surface area contributed by atoms with Gasteiger partial charge in [0.05, 0.1) is 23.1 Å². The predicted molar refractivity (Wildman–Crippen MR) is 119 cm³/mol. The average molecular weight is 399 g/mol. The van der Waals surface area contributed by atoms with E-state index in [2.05, 4.69) is 33.7 Å². The second-order valence-electron chi connectivity index (χ2n) is 7.72. The van der Waals surface area contributed by atoms with Crippen molar-refractivity contribution >= 4 is 10.9 Å². The molecule has 0 spiro atoms. The van der Waals surface area contributed by atoms with Crippen molar-refractivity contribution in [2.75, 3.05) is 0 Å². The molecule has 0 amide bonds. The number of H-pyrrole nitrogens is 1. The number of nitrogens with one attached hydrogen (secondary N) is 1. The molecule has 2 heterocycles. The van der Waals surface area contributed by atoms with Crippen LogP contribution in [-0.4, -0.2) is 30.9 Å². The normalized spacial score (nSPS) is 11.5. The number of hydrogen-bond donors (Lipinski definition) is 1. The molecule has 0 aliphatic rings. The van der Waals surface area contributed by atoms with E-state index in [9.17, 15) is 4.79 Å². The molecule has 1 N–H and O–H groups in total. The fourth-order valence-electron chi connectivity index (χ4n) is 3.46. The molecule has 152 valence electrons. The minimum atomic E-state index is -0.108. The Morgan fingerprint density at radius 3 is 2.43 bits per heavy atom. The molecule has 0 unspecified atom stereocenters. The molecule has 4 aromatic rings. The van der Waals surface area contributed by atoms with Gasteiger partial charge in [-0.05, 0) is 39.0 Å². The lowest BCUT2D eigenvalue weighted by Crippen LogP contribution is -2.32. The van der Waals surface area contributed by atoms with Crippen LogP contribution in [0.15, 0.2) is 65.5 Å². The molecule has 0 fully saturated rings. The topological polar surface area (TPSA) is 74.8 Å². The SMILES string of the molecule is Cc1cc(CN(Cc2nc3ccccc3c(=O)[nH]2)C(C)C)nc(-c2ccccc2)n1. The fraction of sp³-hybridized carbons (Fsp3) is 0.250. The summed E-state index contributed by atoms with van der Waals surface area (Å²) in [5, 5.41) is 0.608. The summed E-state index contributed by atoms with van der Waals surface area (Å²) in [7, 11) is 0. The van der Waals surface area contributed by atoms with E-state index < -0.39 is 0 Å². The lowest BCUT2D eigenvalue weighted by Gasteiger charge is -2.25. The smallest absolute Gasteiger partial charge is 0.258 e. The van der Waals surface area contributed by atoms with Crippen molar-refractivity contribution in [3.63, 3.8) is 0 Å². The van der Waals surface area contributed by atoms with Crippen LogP contribution in [-0.2, 0) is 13.1 Å². The van der Waals surface area contributed by atoms with Crippen LogP contribution in [0.5, 0.6) is 0 Å². The van der Waals surface area contributed by atoms with E-state index in [1.54, 1.807) is 6.07 Å². The molecule has 2 aromatic heterocycles. The van der Waals surface area contributed by atoms with Gasteiger partial charge in [0.15, 0.2) is 5.82 Å². The summed E-state index contributed by atoms with van der Waals surface area (Å²) in [6.45, 7) is 7.41. The molecular weight excluding hydrogens is 374 g/mol. The molecule has 0 saturated heterocycles. The van der Waals surface area contributed by atoms with Crippen LogP contribution in [0.25, 0.3) is 22.3 Å². The summed E-state index contributed by atoms with van der Waals surface area (Å²) in [6, 6.07) is 19.7. The fourth-order valence-corrected chi connectivity index (χ4v) is 3.46. The molecule has 0 aliphatic carbocycles. The molecule has 6 nitrogen and oxygen atoms in total. The number of benzene rings is 2. The van der Waals surface area contributed by atoms with E-state index in [0.29, 0.717) is 29.8 Å². The van der Waals surface area contributed by atoms with Gasteiger partial charge in [-0.15, -0.1) is 0 Å². The third kappa shape index (κ3) is 4.44. The average Bonchev–Trinajstić information content (AvgIpc) is 2.73. The van der Waals surface area contributed by atoms with Crippen LogP contribution in [0.2, 0.25) is 0 Å². The molecule has 0 bridgehead atoms. The maximum Gasteiger partial charge on any atom is 0.258 e. The minimum Gasteiger partial charge on any atom is -0.309 e. The second kappa shape index (κ2) is 8.55. The largest absolute Gasteiger partial charge is 0.309 e. The number of nitrogens with zero attached hydrogens (tertiary/aromatic N) is 4. The molecule has 2 aromatic carbocycles. The minimum absolute atomic E-state index is 0.108. The van der Waals surface area contributed by atoms with Crippen molar-refractivity contribution in [1.29, 1.82) is 0 Å². The first-order valence-corrected chi connectivity index (χ1v) is 10.1. The van der Waals surface area contributed by atoms with Crippen LogP contribution in [0, 0.1) is 6.92 Å². The molecule has 0 radical (unpaired) electrons. The van der Waals surface area contributed by atoms with Gasteiger partial charge in [0.25, 0.3) is 5.56 Å². The Labute approximate surface area is 175 Å². The first kappa shape index (κ1) is 19.9. The van der Waals surface area contributed by atoms with Crippen LogP contribution in [0.1, 0.15) is 31.1 Å². The van der Waals surface area contributed by atoms with Crippen LogP contribution in [0.3, 0.4) is 0 Å². The lowest BCUT2D eigenvalue weighted by molar-refractivity contribution is 0.196. The first-order chi connectivity index (χ1) is 14.5. The van der Waals surface area contributed by atoms with E-state index in [1.165, 1.54) is 0 Å². The number of aromatic amines is 1. The molecule has 30 heavy (non-hydrogen) atoms. The maximum absolute atomic E-state index is 12.4. The summed E-state index contributed by atoms with van der Waals surface area (Å²) < 4.78 is 0. The zero-order chi connectivity index (χ0) is 21.1. The van der Waals surface area contributed by atoms with Gasteiger partial charge in [0, 0.05) is 23.8 Å². The Morgan fingerprint density at radius 2 is 1.67 bits per heavy atom. The van der Waals surface area contributed by atoms with Gasteiger partial charge in [-0.25, -0.2) is 15.0 Å². The van der Waals surface area contributed by atoms with Crippen molar-refractivity contribution in [3.8, 4) is 11.4 Å². The maximum atomic E-state index is 12.4. The van der Waals surface area contributed by atoms with Crippen molar-refractivity contribution in [3.05, 3.63) is 88.2 Å². The summed E-state index contributed by atoms with van der Waals surface area (Å²) in [4.78, 5) is 31.6. The van der Waals surface area contributed by atoms with Crippen molar-refractivity contribution in [2.24, 2.45) is 0 Å². The van der Waals surface area contributed by atoms with E-state index in [0.717, 1.165) is 22.8 Å². The first-order valence-electron chi connectivity index (χ1n) is 10.1. The Hall–Kier alpha value is -3.38. The van der Waals surface area contributed by atoms with Crippen LogP contribution in [0.4, 0.5) is 0 Å². The van der Waals surface area contributed by atoms with Crippen molar-refractivity contribution < 1.29 is 0 Å². The highest BCUT2D eigenvalue weighted by molar-refractivity contribution is 5.77. The van der Waals surface area contributed by atoms with Crippen LogP contribution >= 0.6 is 0 Å². The van der Waals surface area contributed by atoms with E-state index in [-0.39, 0.29) is 11.6 Å². The monoisotopic (exact) mass is 399 g/mol. The molecular formula is C24H25N5O. The molecule has 6 heteroatoms. The molecule has 4 rings (SSSR count). The van der Waals surface area contributed by atoms with Gasteiger partial charge in [-0.1, -0.05) is 42.5 Å². The number of aromatic nitrogens is 4. The van der Waals surface area contributed by atoms with Crippen LogP contribution < -0.4 is 5.56 Å². The Bertz CT molecular complexity index is 1220. The molecule has 0 aliphatic heterocycles. The van der Waals surface area contributed by atoms with Crippen molar-refractivity contribution in [1.82, 2.24) is 24.8 Å². The predicted octanol–water partition coefficient (Wildman–Crippen LogP) is 4.10. The highest BCUT2D eigenvalue weighted by atomic mass is 16.1. The third-order valence-electron chi connectivity index (χ3n) is 5.05. The lowest BCUT2D eigenvalue weighted by atomic mass is 10.2. The number of para-hydroxylation sites is 1. The summed E-state index contributed by atoms with van der Waals surface area (Å²) >= 11 is 0. The quantitative estimate of drug-likeness (QED) is 0.528. The third-order valence-corrected chi connectivity index (χ3v) is 5.05. The van der Waals surface area contributed by atoms with E-state index in [1.807, 2.05) is 61.5 Å². The van der Waals surface area contributed by atoms with Gasteiger partial charge >= 0.3 is 0 Å². The van der Waals surface area contributed by atoms with Crippen molar-refractivity contribution in [2.45, 2.75) is 39.9 Å². The number of rotatable bonds is 6. The van der Waals surface area contributed by atoms with E-state index >= 15 is 0 Å². The van der Waals surface area contributed by atoms with Gasteiger partial charge in [0.1, 0.15) is 5.82 Å². The summed E-state index contributed by atoms with van der Waals surface area (Å²) in [5.41, 5.74) is 3.48. The van der Waals surface area contributed by atoms with E-state index in [4.69, 9.17) is 4.98 Å². The highest BCUT2D eigenvalue weighted by Gasteiger charge is 2.15. The Kier molecular flexibility index (Phi) is 5.68. The Morgan fingerprint density at radius 1 is 0.933 bits per heavy atom. The Balaban J connectivity index is 1.62. The molecule has 0 saturated carbocycles. The van der Waals surface area contributed by atoms with Gasteiger partial charge in [-0.3, -0.25) is 9.69 Å². The van der Waals surface area contributed by atoms with Gasteiger partial charge in [-0.2, -0.15) is 0 Å². The summed E-state index contributed by atoms with van der Waals surface area (Å²) in [5.74, 6) is 1.38. The number of aryl methyl sites for hydroxylation is 1. The standard InChI is InChI=1S/C24H25N5O/c1-16(2)29(15-22-27-21-12-8-7-11-20(21)24(30)28-22)14-19-13-17(3)25-23(26-19)18-9-5-4-6-10-18/h4-13,16H,14-15H2,1-3H3,(H,27,28,30). The summed E-state index contributed by atoms with van der Waals surface area (Å²) in [6.07, 6.45) is 0. The van der Waals surface area contributed by atoms with Gasteiger partial charge in [0.2, 0.25) is 0 Å².